The van der Waals surface area contributed by atoms with Gasteiger partial charge in [0, 0.05) is 6.42 Å². The van der Waals surface area contributed by atoms with Gasteiger partial charge in [-0.2, -0.15) is 5.26 Å². The number of carbonyl (C=O) groups is 2. The number of carbonyl (C=O) groups excluding carboxylic acids is 2. The van der Waals surface area contributed by atoms with Crippen LogP contribution in [0.2, 0.25) is 0 Å². The number of allylic oxidation sites excluding steroid dienone is 2. The summed E-state index contributed by atoms with van der Waals surface area (Å²) < 4.78 is 0. The first-order valence-corrected chi connectivity index (χ1v) is 2.79. The van der Waals surface area contributed by atoms with Crippen LogP contribution in [0.3, 0.4) is 0 Å². The van der Waals surface area contributed by atoms with Gasteiger partial charge in [0.2, 0.25) is 0 Å². The first-order valence-electron chi connectivity index (χ1n) is 2.79. The number of hydrogen-bond acceptors (Lipinski definition) is 4. The average Bonchev–Trinajstić information content (AvgIpc) is 2.10. The van der Waals surface area contributed by atoms with Crippen LogP contribution >= 0.6 is 0 Å². The lowest BCUT2D eigenvalue weighted by Crippen LogP contribution is -2.01. The Labute approximate surface area is 63.9 Å². The SMILES string of the molecule is C=O.N#CC1=CCC(=O)C=N1. The van der Waals surface area contributed by atoms with Crippen molar-refractivity contribution in [2.75, 3.05) is 0 Å². The van der Waals surface area contributed by atoms with Crippen LogP contribution in [0, 0.1) is 11.3 Å². The van der Waals surface area contributed by atoms with Gasteiger partial charge in [0.15, 0.2) is 5.78 Å². The molecule has 1 aliphatic rings. The molecular formula is C7H6N2O2. The van der Waals surface area contributed by atoms with E-state index in [1.54, 1.807) is 0 Å². The molecule has 4 heteroatoms. The smallest absolute Gasteiger partial charge is 0.177 e. The Morgan fingerprint density at radius 3 is 2.64 bits per heavy atom. The van der Waals surface area contributed by atoms with Crippen molar-refractivity contribution in [3.05, 3.63) is 11.8 Å². The summed E-state index contributed by atoms with van der Waals surface area (Å²) in [6.45, 7) is 2.00. The molecule has 0 saturated carbocycles. The van der Waals surface area contributed by atoms with Crippen LogP contribution in [0.1, 0.15) is 6.42 Å². The fraction of sp³-hybridized carbons (Fsp3) is 0.143. The molecule has 11 heavy (non-hydrogen) atoms. The summed E-state index contributed by atoms with van der Waals surface area (Å²) in [7, 11) is 0. The highest BCUT2D eigenvalue weighted by Gasteiger charge is 2.01. The van der Waals surface area contributed by atoms with E-state index in [-0.39, 0.29) is 5.78 Å². The van der Waals surface area contributed by atoms with E-state index in [9.17, 15) is 4.79 Å². The Morgan fingerprint density at radius 1 is 1.64 bits per heavy atom. The van der Waals surface area contributed by atoms with Gasteiger partial charge in [-0.1, -0.05) is 0 Å². The molecule has 0 unspecified atom stereocenters. The van der Waals surface area contributed by atoms with Crippen molar-refractivity contribution >= 4 is 18.8 Å². The van der Waals surface area contributed by atoms with Gasteiger partial charge in [-0.05, 0) is 6.08 Å². The molecule has 0 atom stereocenters. The predicted octanol–water partition coefficient (Wildman–Crippen LogP) is 0.253. The molecule has 56 valence electrons. The van der Waals surface area contributed by atoms with Crippen LogP contribution in [0.4, 0.5) is 0 Å². The fourth-order valence-electron chi connectivity index (χ4n) is 0.519. The van der Waals surface area contributed by atoms with E-state index in [2.05, 4.69) is 4.99 Å². The second-order valence-corrected chi connectivity index (χ2v) is 1.63. The van der Waals surface area contributed by atoms with Crippen LogP contribution in [0.15, 0.2) is 16.8 Å². The predicted molar refractivity (Wildman–Crippen MR) is 38.9 cm³/mol. The number of nitriles is 1. The van der Waals surface area contributed by atoms with Crippen molar-refractivity contribution in [3.8, 4) is 6.07 Å². The molecule has 0 aromatic rings. The Morgan fingerprint density at radius 2 is 2.27 bits per heavy atom. The molecule has 0 amide bonds. The molecule has 0 saturated heterocycles. The molecule has 0 N–H and O–H groups in total. The molecule has 0 bridgehead atoms. The second kappa shape index (κ2) is 5.06. The van der Waals surface area contributed by atoms with Crippen LogP contribution in [0.5, 0.6) is 0 Å². The van der Waals surface area contributed by atoms with Gasteiger partial charge < -0.3 is 4.79 Å². The van der Waals surface area contributed by atoms with Crippen molar-refractivity contribution < 1.29 is 9.59 Å². The average molecular weight is 150 g/mol. The quantitative estimate of drug-likeness (QED) is 0.497. The van der Waals surface area contributed by atoms with E-state index in [0.717, 1.165) is 0 Å². The van der Waals surface area contributed by atoms with Gasteiger partial charge in [0.05, 0.1) is 6.21 Å². The summed E-state index contributed by atoms with van der Waals surface area (Å²) in [5, 5.41) is 8.23. The van der Waals surface area contributed by atoms with Crippen molar-refractivity contribution in [1.82, 2.24) is 0 Å². The Bertz CT molecular complexity index is 248. The topological polar surface area (TPSA) is 70.3 Å². The number of rotatable bonds is 0. The second-order valence-electron chi connectivity index (χ2n) is 1.63. The molecule has 0 aromatic carbocycles. The van der Waals surface area contributed by atoms with E-state index < -0.39 is 0 Å². The van der Waals surface area contributed by atoms with Gasteiger partial charge in [-0.3, -0.25) is 4.79 Å². The summed E-state index contributed by atoms with van der Waals surface area (Å²) >= 11 is 0. The fourth-order valence-corrected chi connectivity index (χ4v) is 0.519. The molecule has 0 aliphatic carbocycles. The van der Waals surface area contributed by atoms with Gasteiger partial charge in [0.25, 0.3) is 0 Å². The van der Waals surface area contributed by atoms with Crippen molar-refractivity contribution in [2.45, 2.75) is 6.42 Å². The largest absolute Gasteiger partial charge is 0.307 e. The molecule has 1 rings (SSSR count). The minimum Gasteiger partial charge on any atom is -0.307 e. The number of nitrogens with zero attached hydrogens (tertiary/aromatic N) is 2. The van der Waals surface area contributed by atoms with E-state index in [0.29, 0.717) is 12.1 Å². The lowest BCUT2D eigenvalue weighted by molar-refractivity contribution is -0.111. The summed E-state index contributed by atoms with van der Waals surface area (Å²) in [5.41, 5.74) is 0.328. The van der Waals surface area contributed by atoms with Crippen molar-refractivity contribution in [3.63, 3.8) is 0 Å². The van der Waals surface area contributed by atoms with Crippen LogP contribution < -0.4 is 0 Å². The summed E-state index contributed by atoms with van der Waals surface area (Å²) in [6, 6.07) is 1.84. The van der Waals surface area contributed by atoms with Gasteiger partial charge in [-0.25, -0.2) is 4.99 Å². The molecule has 0 spiro atoms. The van der Waals surface area contributed by atoms with Crippen LogP contribution in [-0.4, -0.2) is 18.8 Å². The zero-order chi connectivity index (χ0) is 8.69. The van der Waals surface area contributed by atoms with E-state index in [4.69, 9.17) is 10.1 Å². The number of hydrogen-bond donors (Lipinski definition) is 0. The van der Waals surface area contributed by atoms with E-state index >= 15 is 0 Å². The van der Waals surface area contributed by atoms with E-state index in [1.165, 1.54) is 12.3 Å². The zero-order valence-electron chi connectivity index (χ0n) is 5.78. The molecule has 0 aromatic heterocycles. The molecule has 1 heterocycles. The van der Waals surface area contributed by atoms with Gasteiger partial charge >= 0.3 is 0 Å². The minimum absolute atomic E-state index is 0.0472. The summed E-state index contributed by atoms with van der Waals surface area (Å²) in [5.74, 6) is -0.0472. The number of ketones is 1. The first-order chi connectivity index (χ1) is 5.33. The summed E-state index contributed by atoms with van der Waals surface area (Å²) in [4.78, 5) is 22.0. The van der Waals surface area contributed by atoms with Crippen LogP contribution in [0.25, 0.3) is 0 Å². The van der Waals surface area contributed by atoms with Crippen LogP contribution in [-0.2, 0) is 9.59 Å². The Balaban J connectivity index is 0.000000461. The molecular weight excluding hydrogens is 144 g/mol. The maximum atomic E-state index is 10.4. The maximum Gasteiger partial charge on any atom is 0.177 e. The highest BCUT2D eigenvalue weighted by Crippen LogP contribution is 2.01. The normalized spacial score (nSPS) is 14.1. The lowest BCUT2D eigenvalue weighted by atomic mass is 10.2. The lowest BCUT2D eigenvalue weighted by Gasteiger charge is -1.93. The van der Waals surface area contributed by atoms with E-state index in [1.807, 2.05) is 12.9 Å². The zero-order valence-corrected chi connectivity index (χ0v) is 5.78. The van der Waals surface area contributed by atoms with Gasteiger partial charge in [-0.15, -0.1) is 0 Å². The maximum absolute atomic E-state index is 10.4. The number of aliphatic imine (C=N–C) groups is 1. The number of Topliss-reactive ketones (excluding diaryl/α,β-unsaturated/α-hetero) is 1. The standard InChI is InChI=1S/C6H4N2O.CH2O/c7-3-5-1-2-6(9)4-8-5;1-2/h1,4H,2H2;1H2. The monoisotopic (exact) mass is 150 g/mol. The minimum atomic E-state index is -0.0472. The third kappa shape index (κ3) is 3.06. The molecule has 4 nitrogen and oxygen atoms in total. The Hall–Kier alpha value is -1.76. The van der Waals surface area contributed by atoms with Crippen molar-refractivity contribution in [2.24, 2.45) is 4.99 Å². The third-order valence-corrected chi connectivity index (χ3v) is 0.959. The highest BCUT2D eigenvalue weighted by molar-refractivity contribution is 6.28. The molecule has 1 aliphatic heterocycles. The summed E-state index contributed by atoms with van der Waals surface area (Å²) in [6.07, 6.45) is 3.01. The molecule has 0 radical (unpaired) electrons. The first kappa shape index (κ1) is 9.24. The van der Waals surface area contributed by atoms with Gasteiger partial charge in [0.1, 0.15) is 18.6 Å². The third-order valence-electron chi connectivity index (χ3n) is 0.959. The van der Waals surface area contributed by atoms with Crippen molar-refractivity contribution in [1.29, 1.82) is 5.26 Å². The Kier molecular flexibility index (Phi) is 4.25. The molecule has 0 fully saturated rings. The highest BCUT2D eigenvalue weighted by atomic mass is 16.1.